The first-order valence-electron chi connectivity index (χ1n) is 11.3. The summed E-state index contributed by atoms with van der Waals surface area (Å²) in [5.74, 6) is -0.361. The molecule has 3 rings (SSSR count). The number of esters is 1. The molecule has 0 unspecified atom stereocenters. The van der Waals surface area contributed by atoms with Crippen LogP contribution >= 0.6 is 23.5 Å². The fraction of sp³-hybridized carbons (Fsp3) is 0.542. The van der Waals surface area contributed by atoms with Crippen LogP contribution in [0.4, 0.5) is 0 Å². The van der Waals surface area contributed by atoms with E-state index in [9.17, 15) is 14.4 Å². The Labute approximate surface area is 210 Å². The lowest BCUT2D eigenvalue weighted by molar-refractivity contribution is -0.141. The first kappa shape index (κ1) is 26.8. The minimum Gasteiger partial charge on any atom is -0.463 e. The van der Waals surface area contributed by atoms with E-state index in [1.165, 1.54) is 6.92 Å². The lowest BCUT2D eigenvalue weighted by Crippen LogP contribution is -2.49. The van der Waals surface area contributed by atoms with Crippen LogP contribution in [-0.2, 0) is 14.0 Å². The monoisotopic (exact) mass is 522 g/mol. The van der Waals surface area contributed by atoms with E-state index in [1.807, 2.05) is 30.3 Å². The highest BCUT2D eigenvalue weighted by atomic mass is 32.2. The third kappa shape index (κ3) is 5.90. The molecule has 1 aliphatic rings. The van der Waals surface area contributed by atoms with Crippen LogP contribution in [0.5, 0.6) is 0 Å². The molecule has 1 N–H and O–H groups in total. The molecule has 1 aliphatic heterocycles. The number of hydrogen-bond donors (Lipinski definition) is 1. The van der Waals surface area contributed by atoms with Crippen LogP contribution < -0.4 is 11.2 Å². The molecule has 1 fully saturated rings. The number of ether oxygens (including phenoxy) is 1. The quantitative estimate of drug-likeness (QED) is 0.408. The Bertz CT molecular complexity index is 1140. The van der Waals surface area contributed by atoms with Gasteiger partial charge in [-0.15, -0.1) is 23.5 Å². The second-order valence-corrected chi connectivity index (χ2v) is 18.1. The fourth-order valence-corrected chi connectivity index (χ4v) is 8.35. The lowest BCUT2D eigenvalue weighted by atomic mass is 10.2. The molecule has 0 amide bonds. The summed E-state index contributed by atoms with van der Waals surface area (Å²) in [6.45, 7) is 14.2. The number of carbonyl (C=O) groups excluding carboxylic acids is 1. The highest BCUT2D eigenvalue weighted by Gasteiger charge is 2.54. The minimum absolute atomic E-state index is 0.0221. The van der Waals surface area contributed by atoms with Gasteiger partial charge in [-0.3, -0.25) is 19.1 Å². The van der Waals surface area contributed by atoms with Crippen LogP contribution in [0.15, 0.2) is 51.0 Å². The van der Waals surface area contributed by atoms with E-state index < -0.39 is 18.1 Å². The summed E-state index contributed by atoms with van der Waals surface area (Å²) in [5.41, 5.74) is -0.370. The third-order valence-electron chi connectivity index (χ3n) is 6.45. The molecule has 0 radical (unpaired) electrons. The molecule has 2 heterocycles. The number of thioether (sulfide) groups is 2. The van der Waals surface area contributed by atoms with Crippen molar-refractivity contribution in [3.05, 3.63) is 62.9 Å². The number of H-pyrrole nitrogens is 1. The lowest BCUT2D eigenvalue weighted by Gasteiger charge is -2.42. The molecule has 1 aromatic carbocycles. The van der Waals surface area contributed by atoms with Gasteiger partial charge in [0.25, 0.3) is 5.56 Å². The maximum absolute atomic E-state index is 12.7. The largest absolute Gasteiger partial charge is 0.463 e. The van der Waals surface area contributed by atoms with E-state index in [0.717, 1.165) is 4.90 Å². The molecule has 7 nitrogen and oxygen atoms in total. The Morgan fingerprint density at radius 1 is 1.26 bits per heavy atom. The SMILES string of the molecule is CC(=O)OC[C@@]1(Sc2ccccc2)S[C@@H](n2cc(C)c(=O)[nH]c2=O)C[C@@H]1O[Si](C)(C)C(C)(C)C. The molecule has 2 aromatic rings. The number of nitrogens with zero attached hydrogens (tertiary/aromatic N) is 1. The molecule has 0 saturated carbocycles. The third-order valence-corrected chi connectivity index (χ3v) is 14.2. The molecule has 0 aliphatic carbocycles. The first-order chi connectivity index (χ1) is 15.7. The van der Waals surface area contributed by atoms with Gasteiger partial charge in [-0.25, -0.2) is 4.79 Å². The van der Waals surface area contributed by atoms with Crippen LogP contribution in [-0.4, -0.2) is 40.6 Å². The normalized spacial score (nSPS) is 23.1. The number of hydrogen-bond acceptors (Lipinski definition) is 7. The van der Waals surface area contributed by atoms with Gasteiger partial charge in [0.15, 0.2) is 8.32 Å². The Kier molecular flexibility index (Phi) is 7.96. The van der Waals surface area contributed by atoms with Crippen molar-refractivity contribution in [3.8, 4) is 0 Å². The summed E-state index contributed by atoms with van der Waals surface area (Å²) >= 11 is 3.17. The van der Waals surface area contributed by atoms with Crippen molar-refractivity contribution in [1.82, 2.24) is 9.55 Å². The summed E-state index contributed by atoms with van der Waals surface area (Å²) in [6.07, 6.45) is 1.87. The van der Waals surface area contributed by atoms with Crippen molar-refractivity contribution in [3.63, 3.8) is 0 Å². The van der Waals surface area contributed by atoms with Crippen LogP contribution in [0.2, 0.25) is 18.1 Å². The van der Waals surface area contributed by atoms with Gasteiger partial charge in [0.2, 0.25) is 0 Å². The zero-order valence-corrected chi connectivity index (χ0v) is 23.5. The highest BCUT2D eigenvalue weighted by molar-refractivity contribution is 8.18. The van der Waals surface area contributed by atoms with E-state index in [1.54, 1.807) is 41.2 Å². The van der Waals surface area contributed by atoms with Crippen molar-refractivity contribution in [1.29, 1.82) is 0 Å². The smallest absolute Gasteiger partial charge is 0.329 e. The van der Waals surface area contributed by atoms with Crippen molar-refractivity contribution >= 4 is 37.8 Å². The van der Waals surface area contributed by atoms with Crippen LogP contribution in [0.25, 0.3) is 0 Å². The van der Waals surface area contributed by atoms with Crippen molar-refractivity contribution < 1.29 is 14.0 Å². The average molecular weight is 523 g/mol. The Balaban J connectivity index is 2.09. The van der Waals surface area contributed by atoms with Gasteiger partial charge in [0.1, 0.15) is 10.7 Å². The van der Waals surface area contributed by atoms with Crippen molar-refractivity contribution in [2.75, 3.05) is 6.61 Å². The van der Waals surface area contributed by atoms with E-state index in [-0.39, 0.29) is 34.7 Å². The van der Waals surface area contributed by atoms with Gasteiger partial charge < -0.3 is 9.16 Å². The van der Waals surface area contributed by atoms with Gasteiger partial charge in [0.05, 0.1) is 11.5 Å². The van der Waals surface area contributed by atoms with Crippen molar-refractivity contribution in [2.24, 2.45) is 0 Å². The zero-order chi connectivity index (χ0) is 25.3. The molecular formula is C24H34N2O5S2Si. The molecule has 0 bridgehead atoms. The number of nitrogens with one attached hydrogen (secondary N) is 1. The van der Waals surface area contributed by atoms with Gasteiger partial charge in [-0.05, 0) is 37.2 Å². The molecular weight excluding hydrogens is 488 g/mol. The average Bonchev–Trinajstić information content (AvgIpc) is 3.06. The molecule has 186 valence electrons. The second kappa shape index (κ2) is 10.1. The number of aromatic amines is 1. The second-order valence-electron chi connectivity index (χ2n) is 10.2. The van der Waals surface area contributed by atoms with Crippen LogP contribution in [0, 0.1) is 6.92 Å². The minimum atomic E-state index is -2.21. The number of benzene rings is 1. The Hall–Kier alpha value is -1.75. The Morgan fingerprint density at radius 2 is 1.91 bits per heavy atom. The number of aromatic nitrogens is 2. The molecule has 10 heteroatoms. The van der Waals surface area contributed by atoms with E-state index in [2.05, 4.69) is 38.8 Å². The summed E-state index contributed by atoms with van der Waals surface area (Å²) in [6, 6.07) is 9.94. The summed E-state index contributed by atoms with van der Waals surface area (Å²) in [5, 5.41) is -0.309. The summed E-state index contributed by atoms with van der Waals surface area (Å²) in [7, 11) is -2.21. The first-order valence-corrected chi connectivity index (χ1v) is 15.9. The molecule has 34 heavy (non-hydrogen) atoms. The van der Waals surface area contributed by atoms with Gasteiger partial charge in [-0.2, -0.15) is 0 Å². The molecule has 1 aromatic heterocycles. The number of rotatable bonds is 7. The predicted octanol–water partition coefficient (Wildman–Crippen LogP) is 4.92. The van der Waals surface area contributed by atoms with E-state index in [0.29, 0.717) is 12.0 Å². The Morgan fingerprint density at radius 3 is 2.50 bits per heavy atom. The molecule has 3 atom stereocenters. The fourth-order valence-electron chi connectivity index (χ4n) is 3.49. The molecule has 1 saturated heterocycles. The topological polar surface area (TPSA) is 90.4 Å². The molecule has 0 spiro atoms. The van der Waals surface area contributed by atoms with Crippen molar-refractivity contribution in [2.45, 2.75) is 79.6 Å². The maximum Gasteiger partial charge on any atom is 0.329 e. The number of carbonyl (C=O) groups is 1. The van der Waals surface area contributed by atoms with Gasteiger partial charge >= 0.3 is 11.7 Å². The van der Waals surface area contributed by atoms with Gasteiger partial charge in [0, 0.05) is 30.0 Å². The maximum atomic E-state index is 12.7. The van der Waals surface area contributed by atoms with Crippen LogP contribution in [0.1, 0.15) is 45.1 Å². The summed E-state index contributed by atoms with van der Waals surface area (Å²) in [4.78, 5) is 40.0. The highest BCUT2D eigenvalue weighted by Crippen LogP contribution is 2.59. The summed E-state index contributed by atoms with van der Waals surface area (Å²) < 4.78 is 13.5. The van der Waals surface area contributed by atoms with Crippen LogP contribution in [0.3, 0.4) is 0 Å². The predicted molar refractivity (Wildman–Crippen MR) is 141 cm³/mol. The van der Waals surface area contributed by atoms with E-state index >= 15 is 0 Å². The van der Waals surface area contributed by atoms with E-state index in [4.69, 9.17) is 9.16 Å². The standard InChI is InChI=1S/C24H34N2O5S2Si/c1-16-14-26(22(29)25-21(16)28)20-13-19(31-34(6,7)23(3,4)5)24(33-20,15-30-17(2)27)32-18-11-9-8-10-12-18/h8-12,14,19-20H,13,15H2,1-7H3,(H,25,28,29)/t19-,20+,24+/m0/s1. The van der Waals surface area contributed by atoms with Gasteiger partial charge in [-0.1, -0.05) is 39.0 Å². The number of aryl methyl sites for hydroxylation is 1. The zero-order valence-electron chi connectivity index (χ0n) is 20.8.